The van der Waals surface area contributed by atoms with Gasteiger partial charge in [0, 0.05) is 32.5 Å². The van der Waals surface area contributed by atoms with Crippen molar-refractivity contribution in [2.24, 2.45) is 0 Å². The maximum Gasteiger partial charge on any atom is 0.222 e. The molecule has 4 N–H and O–H groups in total. The Morgan fingerprint density at radius 2 is 2.00 bits per heavy atom. The summed E-state index contributed by atoms with van der Waals surface area (Å²) in [5.74, 6) is -0.236. The molecule has 0 bridgehead atoms. The molecule has 6 atom stereocenters. The fourth-order valence-electron chi connectivity index (χ4n) is 3.64. The number of carbonyl (C=O) groups excluding carboxylic acids is 2. The standard InChI is InChI=1S/C18H32N2O7/c1-11-6-5-8-20(11)14(23)7-3-4-9-26-18-15(19-12(2)22)17(25)16(24)13(10-21)27-18/h11,13,15-18,21,24-25H,3-10H2,1-2H3,(H,19,22)/t11-,13?,15?,16?,17?,18?/m1/s1. The molecule has 9 heteroatoms. The molecule has 2 aliphatic rings. The van der Waals surface area contributed by atoms with Gasteiger partial charge in [0.05, 0.1) is 6.61 Å². The van der Waals surface area contributed by atoms with Crippen LogP contribution in [-0.4, -0.2) is 88.5 Å². The SMILES string of the molecule is CC(=O)NC1C(OCCCCC(=O)N2CCC[C@H]2C)OC(CO)C(O)C1O. The van der Waals surface area contributed by atoms with E-state index in [9.17, 15) is 24.9 Å². The lowest BCUT2D eigenvalue weighted by Gasteiger charge is -2.42. The zero-order valence-corrected chi connectivity index (χ0v) is 16.0. The second kappa shape index (κ2) is 10.3. The number of hydrogen-bond acceptors (Lipinski definition) is 7. The van der Waals surface area contributed by atoms with E-state index >= 15 is 0 Å². The van der Waals surface area contributed by atoms with Crippen molar-refractivity contribution >= 4 is 11.8 Å². The molecular formula is C18H32N2O7. The van der Waals surface area contributed by atoms with Crippen LogP contribution in [0.1, 0.15) is 46.0 Å². The Kier molecular flexibility index (Phi) is 8.43. The number of nitrogens with one attached hydrogen (secondary N) is 1. The molecule has 2 fully saturated rings. The molecule has 0 aliphatic carbocycles. The van der Waals surface area contributed by atoms with Crippen molar-refractivity contribution in [2.45, 2.75) is 82.6 Å². The predicted molar refractivity (Wildman–Crippen MR) is 95.6 cm³/mol. The van der Waals surface area contributed by atoms with Crippen molar-refractivity contribution in [1.29, 1.82) is 0 Å². The summed E-state index contributed by atoms with van der Waals surface area (Å²) in [6.07, 6.45) is -0.785. The Balaban J connectivity index is 1.77. The van der Waals surface area contributed by atoms with E-state index in [0.29, 0.717) is 25.3 Å². The highest BCUT2D eigenvalue weighted by atomic mass is 16.7. The molecule has 0 saturated carbocycles. The first kappa shape index (κ1) is 22.0. The zero-order chi connectivity index (χ0) is 20.0. The smallest absolute Gasteiger partial charge is 0.222 e. The van der Waals surface area contributed by atoms with Crippen LogP contribution in [0.5, 0.6) is 0 Å². The van der Waals surface area contributed by atoms with Gasteiger partial charge in [-0.15, -0.1) is 0 Å². The Bertz CT molecular complexity index is 504. The number of rotatable bonds is 8. The first-order valence-corrected chi connectivity index (χ1v) is 9.65. The summed E-state index contributed by atoms with van der Waals surface area (Å²) in [4.78, 5) is 25.5. The third-order valence-electron chi connectivity index (χ3n) is 5.19. The van der Waals surface area contributed by atoms with Gasteiger partial charge in [-0.1, -0.05) is 0 Å². The van der Waals surface area contributed by atoms with Gasteiger partial charge in [0.25, 0.3) is 0 Å². The minimum Gasteiger partial charge on any atom is -0.394 e. The van der Waals surface area contributed by atoms with Crippen molar-refractivity contribution < 1.29 is 34.4 Å². The zero-order valence-electron chi connectivity index (χ0n) is 16.0. The highest BCUT2D eigenvalue weighted by Gasteiger charge is 2.45. The van der Waals surface area contributed by atoms with Crippen molar-refractivity contribution in [3.05, 3.63) is 0 Å². The third-order valence-corrected chi connectivity index (χ3v) is 5.19. The monoisotopic (exact) mass is 388 g/mol. The van der Waals surface area contributed by atoms with Crippen LogP contribution in [0.15, 0.2) is 0 Å². The molecule has 0 spiro atoms. The van der Waals surface area contributed by atoms with E-state index in [-0.39, 0.29) is 12.5 Å². The molecule has 9 nitrogen and oxygen atoms in total. The lowest BCUT2D eigenvalue weighted by Crippen LogP contribution is -2.64. The van der Waals surface area contributed by atoms with Crippen molar-refractivity contribution in [1.82, 2.24) is 10.2 Å². The van der Waals surface area contributed by atoms with Gasteiger partial charge in [-0.05, 0) is 32.6 Å². The molecule has 0 radical (unpaired) electrons. The van der Waals surface area contributed by atoms with E-state index in [1.807, 2.05) is 4.90 Å². The van der Waals surface area contributed by atoms with Crippen molar-refractivity contribution in [2.75, 3.05) is 19.8 Å². The predicted octanol–water partition coefficient (Wildman–Crippen LogP) is -0.872. The molecule has 5 unspecified atom stereocenters. The fourth-order valence-corrected chi connectivity index (χ4v) is 3.64. The van der Waals surface area contributed by atoms with Gasteiger partial charge in [-0.2, -0.15) is 0 Å². The minimum absolute atomic E-state index is 0.156. The van der Waals surface area contributed by atoms with Gasteiger partial charge < -0.3 is 35.0 Å². The quantitative estimate of drug-likeness (QED) is 0.398. The molecule has 27 heavy (non-hydrogen) atoms. The lowest BCUT2D eigenvalue weighted by molar-refractivity contribution is -0.270. The lowest BCUT2D eigenvalue weighted by atomic mass is 9.97. The van der Waals surface area contributed by atoms with Gasteiger partial charge in [-0.25, -0.2) is 0 Å². The van der Waals surface area contributed by atoms with E-state index in [0.717, 1.165) is 19.4 Å². The topological polar surface area (TPSA) is 129 Å². The average Bonchev–Trinajstić information content (AvgIpc) is 3.06. The van der Waals surface area contributed by atoms with Gasteiger partial charge in [-0.3, -0.25) is 9.59 Å². The van der Waals surface area contributed by atoms with Crippen LogP contribution in [0.3, 0.4) is 0 Å². The molecule has 0 aromatic heterocycles. The van der Waals surface area contributed by atoms with Crippen molar-refractivity contribution in [3.8, 4) is 0 Å². The number of amides is 2. The summed E-state index contributed by atoms with van der Waals surface area (Å²) >= 11 is 0. The van der Waals surface area contributed by atoms with Crippen LogP contribution in [0.25, 0.3) is 0 Å². The number of aliphatic hydroxyl groups excluding tert-OH is 3. The molecule has 156 valence electrons. The molecule has 0 aromatic rings. The molecule has 2 heterocycles. The van der Waals surface area contributed by atoms with Gasteiger partial charge in [0.15, 0.2) is 6.29 Å². The van der Waals surface area contributed by atoms with Crippen molar-refractivity contribution in [3.63, 3.8) is 0 Å². The summed E-state index contributed by atoms with van der Waals surface area (Å²) < 4.78 is 11.1. The second-order valence-corrected chi connectivity index (χ2v) is 7.34. The average molecular weight is 388 g/mol. The van der Waals surface area contributed by atoms with Gasteiger partial charge >= 0.3 is 0 Å². The molecule has 2 aliphatic heterocycles. The summed E-state index contributed by atoms with van der Waals surface area (Å²) in [5, 5.41) is 31.9. The fraction of sp³-hybridized carbons (Fsp3) is 0.889. The Labute approximate surface area is 159 Å². The largest absolute Gasteiger partial charge is 0.394 e. The molecule has 0 aromatic carbocycles. The Morgan fingerprint density at radius 1 is 1.26 bits per heavy atom. The summed E-state index contributed by atoms with van der Waals surface area (Å²) in [7, 11) is 0. The number of aliphatic hydroxyl groups is 3. The van der Waals surface area contributed by atoms with E-state index < -0.39 is 43.2 Å². The highest BCUT2D eigenvalue weighted by molar-refractivity contribution is 5.76. The maximum atomic E-state index is 12.2. The van der Waals surface area contributed by atoms with Crippen LogP contribution in [0.4, 0.5) is 0 Å². The van der Waals surface area contributed by atoms with E-state index in [1.54, 1.807) is 0 Å². The molecule has 2 saturated heterocycles. The number of nitrogens with zero attached hydrogens (tertiary/aromatic N) is 1. The Hall–Kier alpha value is -1.26. The van der Waals surface area contributed by atoms with Gasteiger partial charge in [0.1, 0.15) is 24.4 Å². The third kappa shape index (κ3) is 5.86. The number of likely N-dealkylation sites (tertiary alicyclic amines) is 1. The number of carbonyl (C=O) groups is 2. The first-order valence-electron chi connectivity index (χ1n) is 9.65. The highest BCUT2D eigenvalue weighted by Crippen LogP contribution is 2.23. The van der Waals surface area contributed by atoms with Crippen LogP contribution in [0.2, 0.25) is 0 Å². The number of ether oxygens (including phenoxy) is 2. The first-order chi connectivity index (χ1) is 12.8. The van der Waals surface area contributed by atoms with E-state index in [1.165, 1.54) is 6.92 Å². The number of hydrogen-bond donors (Lipinski definition) is 4. The van der Waals surface area contributed by atoms with Gasteiger partial charge in [0.2, 0.25) is 11.8 Å². The van der Waals surface area contributed by atoms with Crippen LogP contribution >= 0.6 is 0 Å². The molecule has 2 amide bonds. The minimum atomic E-state index is -1.33. The summed E-state index contributed by atoms with van der Waals surface area (Å²) in [6, 6.07) is -0.626. The number of unbranched alkanes of at least 4 members (excludes halogenated alkanes) is 1. The molecular weight excluding hydrogens is 356 g/mol. The van der Waals surface area contributed by atoms with Crippen LogP contribution in [0, 0.1) is 0 Å². The molecule has 2 rings (SSSR count). The van der Waals surface area contributed by atoms with E-state index in [4.69, 9.17) is 9.47 Å². The Morgan fingerprint density at radius 3 is 2.59 bits per heavy atom. The summed E-state index contributed by atoms with van der Waals surface area (Å²) in [5.41, 5.74) is 0. The normalized spacial score (nSPS) is 33.9. The van der Waals surface area contributed by atoms with Crippen LogP contribution < -0.4 is 5.32 Å². The summed E-state index contributed by atoms with van der Waals surface area (Å²) in [6.45, 7) is 3.97. The maximum absolute atomic E-state index is 12.2. The second-order valence-electron chi connectivity index (χ2n) is 7.34. The van der Waals surface area contributed by atoms with Crippen LogP contribution in [-0.2, 0) is 19.1 Å². The van der Waals surface area contributed by atoms with E-state index in [2.05, 4.69) is 12.2 Å².